The maximum absolute atomic E-state index is 12.9. The molecule has 1 rings (SSSR count). The third-order valence-electron chi connectivity index (χ3n) is 1.60. The van der Waals surface area contributed by atoms with Gasteiger partial charge in [-0.15, -0.1) is 0 Å². The summed E-state index contributed by atoms with van der Waals surface area (Å²) >= 11 is 0. The summed E-state index contributed by atoms with van der Waals surface area (Å²) in [5.74, 6) is -4.36. The fourth-order valence-corrected chi connectivity index (χ4v) is 0.978. The summed E-state index contributed by atoms with van der Waals surface area (Å²) in [6, 6.07) is 0.292. The summed E-state index contributed by atoms with van der Waals surface area (Å²) in [5, 5.41) is 0. The molecule has 0 saturated heterocycles. The molecule has 1 aromatic heterocycles. The zero-order valence-corrected chi connectivity index (χ0v) is 7.43. The van der Waals surface area contributed by atoms with E-state index in [1.54, 1.807) is 0 Å². The SMILES string of the molecule is COC(=O)c1c(C(F)F)cc(F)nc1F. The minimum Gasteiger partial charge on any atom is -0.465 e. The standard InChI is InChI=1S/C8H5F4NO2/c1-15-8(14)5-3(6(10)11)2-4(9)13-7(5)12/h2,6H,1H3. The number of esters is 1. The number of aromatic nitrogens is 1. The molecule has 0 aliphatic rings. The Balaban J connectivity index is 3.40. The molecule has 0 aliphatic carbocycles. The lowest BCUT2D eigenvalue weighted by Gasteiger charge is -2.07. The van der Waals surface area contributed by atoms with Crippen molar-refractivity contribution in [2.24, 2.45) is 0 Å². The zero-order valence-electron chi connectivity index (χ0n) is 7.43. The van der Waals surface area contributed by atoms with E-state index in [1.165, 1.54) is 0 Å². The van der Waals surface area contributed by atoms with E-state index in [0.717, 1.165) is 7.11 Å². The summed E-state index contributed by atoms with van der Waals surface area (Å²) in [4.78, 5) is 13.5. The Morgan fingerprint density at radius 3 is 2.53 bits per heavy atom. The smallest absolute Gasteiger partial charge is 0.343 e. The van der Waals surface area contributed by atoms with Gasteiger partial charge in [-0.2, -0.15) is 13.8 Å². The van der Waals surface area contributed by atoms with Crippen LogP contribution >= 0.6 is 0 Å². The van der Waals surface area contributed by atoms with Crippen molar-refractivity contribution in [2.45, 2.75) is 6.43 Å². The molecule has 0 fully saturated rings. The number of nitrogens with zero attached hydrogens (tertiary/aromatic N) is 1. The molecule has 82 valence electrons. The fraction of sp³-hybridized carbons (Fsp3) is 0.250. The van der Waals surface area contributed by atoms with E-state index in [0.29, 0.717) is 6.07 Å². The van der Waals surface area contributed by atoms with Crippen molar-refractivity contribution in [3.8, 4) is 0 Å². The van der Waals surface area contributed by atoms with Crippen molar-refractivity contribution in [3.63, 3.8) is 0 Å². The summed E-state index contributed by atoms with van der Waals surface area (Å²) in [5.41, 5.74) is -2.12. The molecule has 1 aromatic rings. The Hall–Kier alpha value is -1.66. The van der Waals surface area contributed by atoms with E-state index in [-0.39, 0.29) is 0 Å². The predicted molar refractivity (Wildman–Crippen MR) is 40.4 cm³/mol. The first-order valence-electron chi connectivity index (χ1n) is 3.69. The average Bonchev–Trinajstić information content (AvgIpc) is 2.15. The molecule has 0 amide bonds. The maximum atomic E-state index is 12.9. The molecule has 0 spiro atoms. The maximum Gasteiger partial charge on any atom is 0.343 e. The van der Waals surface area contributed by atoms with Crippen LogP contribution in [0.3, 0.4) is 0 Å². The van der Waals surface area contributed by atoms with Gasteiger partial charge in [0.05, 0.1) is 7.11 Å². The molecule has 1 heterocycles. The van der Waals surface area contributed by atoms with Crippen LogP contribution < -0.4 is 0 Å². The Morgan fingerprint density at radius 1 is 1.47 bits per heavy atom. The van der Waals surface area contributed by atoms with E-state index in [1.807, 2.05) is 0 Å². The lowest BCUT2D eigenvalue weighted by atomic mass is 10.1. The largest absolute Gasteiger partial charge is 0.465 e. The van der Waals surface area contributed by atoms with Gasteiger partial charge in [-0.05, 0) is 0 Å². The number of carbonyl (C=O) groups is 1. The van der Waals surface area contributed by atoms with Gasteiger partial charge < -0.3 is 4.74 Å². The molecule has 0 bridgehead atoms. The van der Waals surface area contributed by atoms with Gasteiger partial charge in [0.25, 0.3) is 6.43 Å². The van der Waals surface area contributed by atoms with Crippen LogP contribution in [-0.4, -0.2) is 18.1 Å². The molecule has 15 heavy (non-hydrogen) atoms. The number of pyridine rings is 1. The zero-order chi connectivity index (χ0) is 11.6. The van der Waals surface area contributed by atoms with Crippen LogP contribution in [0, 0.1) is 11.9 Å². The molecule has 0 unspecified atom stereocenters. The molecule has 0 saturated carbocycles. The molecule has 0 radical (unpaired) electrons. The number of hydrogen-bond acceptors (Lipinski definition) is 3. The van der Waals surface area contributed by atoms with Crippen LogP contribution in [0.4, 0.5) is 17.6 Å². The highest BCUT2D eigenvalue weighted by Crippen LogP contribution is 2.25. The number of halogens is 4. The minimum absolute atomic E-state index is 0.292. The van der Waals surface area contributed by atoms with Crippen LogP contribution in [0.2, 0.25) is 0 Å². The van der Waals surface area contributed by atoms with Gasteiger partial charge in [0.15, 0.2) is 0 Å². The van der Waals surface area contributed by atoms with Crippen LogP contribution in [0.5, 0.6) is 0 Å². The van der Waals surface area contributed by atoms with Gasteiger partial charge in [0.2, 0.25) is 11.9 Å². The highest BCUT2D eigenvalue weighted by atomic mass is 19.3. The van der Waals surface area contributed by atoms with Crippen LogP contribution in [-0.2, 0) is 4.74 Å². The minimum atomic E-state index is -3.19. The van der Waals surface area contributed by atoms with Crippen molar-refractivity contribution in [2.75, 3.05) is 7.11 Å². The summed E-state index contributed by atoms with van der Waals surface area (Å²) < 4.78 is 54.1. The summed E-state index contributed by atoms with van der Waals surface area (Å²) in [7, 11) is 0.889. The van der Waals surface area contributed by atoms with E-state index < -0.39 is 35.4 Å². The van der Waals surface area contributed by atoms with Gasteiger partial charge in [-0.3, -0.25) is 0 Å². The predicted octanol–water partition coefficient (Wildman–Crippen LogP) is 2.08. The molecule has 0 aliphatic heterocycles. The number of methoxy groups -OCH3 is 1. The van der Waals surface area contributed by atoms with E-state index in [2.05, 4.69) is 9.72 Å². The summed E-state index contributed by atoms with van der Waals surface area (Å²) in [6.45, 7) is 0. The van der Waals surface area contributed by atoms with Gasteiger partial charge in [-0.25, -0.2) is 13.6 Å². The first-order valence-corrected chi connectivity index (χ1v) is 3.69. The van der Waals surface area contributed by atoms with Crippen LogP contribution in [0.15, 0.2) is 6.07 Å². The van der Waals surface area contributed by atoms with Crippen molar-refractivity contribution in [3.05, 3.63) is 29.1 Å². The van der Waals surface area contributed by atoms with E-state index >= 15 is 0 Å². The Labute approximate surface area is 81.7 Å². The molecular weight excluding hydrogens is 218 g/mol. The van der Waals surface area contributed by atoms with E-state index in [9.17, 15) is 22.4 Å². The third-order valence-corrected chi connectivity index (χ3v) is 1.60. The van der Waals surface area contributed by atoms with Crippen LogP contribution in [0.25, 0.3) is 0 Å². The molecule has 3 nitrogen and oxygen atoms in total. The Kier molecular flexibility index (Phi) is 3.23. The second-order valence-electron chi connectivity index (χ2n) is 2.49. The molecule has 0 atom stereocenters. The summed E-state index contributed by atoms with van der Waals surface area (Å²) in [6.07, 6.45) is -3.19. The van der Waals surface area contributed by atoms with Gasteiger partial charge in [0.1, 0.15) is 5.56 Å². The Morgan fingerprint density at radius 2 is 2.07 bits per heavy atom. The quantitative estimate of drug-likeness (QED) is 0.437. The molecule has 0 aromatic carbocycles. The van der Waals surface area contributed by atoms with Crippen molar-refractivity contribution in [1.29, 1.82) is 0 Å². The monoisotopic (exact) mass is 223 g/mol. The van der Waals surface area contributed by atoms with Gasteiger partial charge in [-0.1, -0.05) is 0 Å². The van der Waals surface area contributed by atoms with Crippen molar-refractivity contribution >= 4 is 5.97 Å². The number of alkyl halides is 2. The average molecular weight is 223 g/mol. The highest BCUT2D eigenvalue weighted by Gasteiger charge is 2.25. The van der Waals surface area contributed by atoms with E-state index in [4.69, 9.17) is 0 Å². The van der Waals surface area contributed by atoms with Crippen LogP contribution in [0.1, 0.15) is 22.3 Å². The fourth-order valence-electron chi connectivity index (χ4n) is 0.978. The number of rotatable bonds is 2. The number of ether oxygens (including phenoxy) is 1. The third kappa shape index (κ3) is 2.23. The topological polar surface area (TPSA) is 39.2 Å². The van der Waals surface area contributed by atoms with Gasteiger partial charge >= 0.3 is 5.97 Å². The lowest BCUT2D eigenvalue weighted by molar-refractivity contribution is 0.0581. The molecule has 0 N–H and O–H groups in total. The normalized spacial score (nSPS) is 10.5. The number of carbonyl (C=O) groups excluding carboxylic acids is 1. The lowest BCUT2D eigenvalue weighted by Crippen LogP contribution is -2.12. The van der Waals surface area contributed by atoms with Gasteiger partial charge in [0, 0.05) is 11.6 Å². The van der Waals surface area contributed by atoms with Crippen molar-refractivity contribution < 1.29 is 27.1 Å². The molecular formula is C8H5F4NO2. The highest BCUT2D eigenvalue weighted by molar-refractivity contribution is 5.91. The first kappa shape index (κ1) is 11.4. The molecule has 7 heteroatoms. The number of hydrogen-bond donors (Lipinski definition) is 0. The second kappa shape index (κ2) is 4.24. The Bertz CT molecular complexity index is 394. The first-order chi connectivity index (χ1) is 6.97. The van der Waals surface area contributed by atoms with Crippen molar-refractivity contribution in [1.82, 2.24) is 4.98 Å². The second-order valence-corrected chi connectivity index (χ2v) is 2.49.